The number of aryl methyl sites for hydroxylation is 1. The summed E-state index contributed by atoms with van der Waals surface area (Å²) in [5.41, 5.74) is 1.31. The molecule has 0 fully saturated rings. The molecule has 0 radical (unpaired) electrons. The van der Waals surface area contributed by atoms with Gasteiger partial charge in [-0.25, -0.2) is 9.18 Å². The fraction of sp³-hybridized carbons (Fsp3) is 0.588. The minimum atomic E-state index is -1.71. The molecule has 0 aromatic heterocycles. The van der Waals surface area contributed by atoms with Gasteiger partial charge in [-0.1, -0.05) is 105 Å². The van der Waals surface area contributed by atoms with Gasteiger partial charge in [0.05, 0.1) is 13.2 Å². The van der Waals surface area contributed by atoms with E-state index in [0.717, 1.165) is 12.8 Å². The van der Waals surface area contributed by atoms with Crippen molar-refractivity contribution in [3.63, 3.8) is 0 Å². The normalized spacial score (nSPS) is 10.0. The van der Waals surface area contributed by atoms with E-state index in [9.17, 15) is 8.78 Å². The van der Waals surface area contributed by atoms with Crippen molar-refractivity contribution >= 4 is 74.0 Å². The van der Waals surface area contributed by atoms with Crippen LogP contribution in [0.4, 0.5) is 13.6 Å². The lowest BCUT2D eigenvalue weighted by Gasteiger charge is -2.04. The second kappa shape index (κ2) is 19.5. The van der Waals surface area contributed by atoms with Crippen molar-refractivity contribution in [1.29, 1.82) is 0 Å². The van der Waals surface area contributed by atoms with Crippen molar-refractivity contribution in [2.24, 2.45) is 0 Å². The van der Waals surface area contributed by atoms with E-state index >= 15 is 0 Å². The Hall–Kier alpha value is 0.700. The second-order valence-electron chi connectivity index (χ2n) is 4.53. The van der Waals surface area contributed by atoms with E-state index in [0.29, 0.717) is 6.04 Å². The van der Waals surface area contributed by atoms with Crippen LogP contribution in [0.1, 0.15) is 32.3 Å². The van der Waals surface area contributed by atoms with Crippen LogP contribution in [0.2, 0.25) is 0 Å². The molecule has 0 aliphatic rings. The zero-order chi connectivity index (χ0) is 19.6. The number of benzene rings is 1. The maximum atomic E-state index is 11.6. The predicted molar refractivity (Wildman–Crippen MR) is 125 cm³/mol. The molecule has 25 heavy (non-hydrogen) atoms. The monoisotopic (exact) mass is 696 g/mol. The molecule has 0 saturated heterocycles. The van der Waals surface area contributed by atoms with Gasteiger partial charge in [0.15, 0.2) is 0 Å². The summed E-state index contributed by atoms with van der Waals surface area (Å²) >= 11 is 7.24. The van der Waals surface area contributed by atoms with E-state index < -0.39 is 6.22 Å². The molecule has 0 aliphatic heterocycles. The molecule has 1 aromatic rings. The third-order valence-electron chi connectivity index (χ3n) is 2.48. The van der Waals surface area contributed by atoms with Gasteiger partial charge in [-0.2, -0.15) is 0 Å². The maximum Gasteiger partial charge on any atom is 0.495 e. The Morgan fingerprint density at radius 2 is 1.68 bits per heavy atom. The SMILES string of the molecule is CCC(I)(I)I.CCOC(=O)F.FCCOCCCc1ccccc1. The largest absolute Gasteiger partial charge is 0.495 e. The van der Waals surface area contributed by atoms with Gasteiger partial charge in [0, 0.05) is 6.61 Å². The molecule has 8 heteroatoms. The second-order valence-corrected chi connectivity index (χ2v) is 16.2. The lowest BCUT2D eigenvalue weighted by molar-refractivity contribution is 0.117. The van der Waals surface area contributed by atoms with Gasteiger partial charge in [0.1, 0.15) is 6.11 Å². The van der Waals surface area contributed by atoms with Crippen molar-refractivity contribution in [3.05, 3.63) is 35.9 Å². The minimum Gasteiger partial charge on any atom is -0.441 e. The summed E-state index contributed by atoms with van der Waals surface area (Å²) in [6, 6.07) is 10.2. The number of rotatable bonds is 8. The number of hydrogen-bond acceptors (Lipinski definition) is 3. The minimum absolute atomic E-state index is 0.106. The predicted octanol–water partition coefficient (Wildman–Crippen LogP) is 7.07. The fourth-order valence-corrected chi connectivity index (χ4v) is 1.29. The van der Waals surface area contributed by atoms with Crippen LogP contribution in [0.25, 0.3) is 0 Å². The highest BCUT2D eigenvalue weighted by Crippen LogP contribution is 2.38. The number of ether oxygens (including phenoxy) is 2. The van der Waals surface area contributed by atoms with Gasteiger partial charge in [-0.05, 0) is 31.7 Å². The zero-order valence-electron chi connectivity index (χ0n) is 14.5. The van der Waals surface area contributed by atoms with Crippen molar-refractivity contribution in [1.82, 2.24) is 0 Å². The third-order valence-corrected chi connectivity index (χ3v) is 4.77. The molecule has 0 aliphatic carbocycles. The first-order valence-electron chi connectivity index (χ1n) is 7.83. The van der Waals surface area contributed by atoms with Gasteiger partial charge in [-0.3, -0.25) is 0 Å². The van der Waals surface area contributed by atoms with Crippen LogP contribution in [-0.4, -0.2) is 32.2 Å². The molecule has 0 spiro atoms. The number of alkyl halides is 4. The molecule has 3 nitrogen and oxygen atoms in total. The quantitative estimate of drug-likeness (QED) is 0.126. The Balaban J connectivity index is 0. The molecule has 0 atom stereocenters. The Bertz CT molecular complexity index is 415. The first kappa shape index (κ1) is 27.9. The fourth-order valence-electron chi connectivity index (χ4n) is 1.29. The molecule has 146 valence electrons. The van der Waals surface area contributed by atoms with Crippen molar-refractivity contribution < 1.29 is 23.0 Å². The van der Waals surface area contributed by atoms with Gasteiger partial charge in [0.2, 0.25) is 0 Å². The average molecular weight is 696 g/mol. The number of hydrogen-bond donors (Lipinski definition) is 0. The van der Waals surface area contributed by atoms with Crippen LogP contribution in [0.5, 0.6) is 0 Å². The maximum absolute atomic E-state index is 11.6. The third kappa shape index (κ3) is 27.0. The van der Waals surface area contributed by atoms with Crippen LogP contribution >= 0.6 is 67.8 Å². The highest BCUT2D eigenvalue weighted by atomic mass is 127. The zero-order valence-corrected chi connectivity index (χ0v) is 20.9. The Kier molecular flexibility index (Phi) is 21.7. The van der Waals surface area contributed by atoms with Gasteiger partial charge < -0.3 is 9.47 Å². The summed E-state index contributed by atoms with van der Waals surface area (Å²) in [4.78, 5) is 9.15. The Labute approximate surface area is 190 Å². The highest BCUT2D eigenvalue weighted by molar-refractivity contribution is 14.3. The summed E-state index contributed by atoms with van der Waals surface area (Å²) in [7, 11) is 0. The lowest BCUT2D eigenvalue weighted by atomic mass is 10.1. The van der Waals surface area contributed by atoms with E-state index in [-0.39, 0.29) is 19.9 Å². The summed E-state index contributed by atoms with van der Waals surface area (Å²) in [6.07, 6.45) is 1.49. The molecule has 0 bridgehead atoms. The topological polar surface area (TPSA) is 35.5 Å². The molecule has 1 aromatic carbocycles. The Morgan fingerprint density at radius 3 is 2.04 bits per heavy atom. The summed E-state index contributed by atoms with van der Waals surface area (Å²) < 4.78 is 31.7. The summed E-state index contributed by atoms with van der Waals surface area (Å²) in [5, 5.41) is 0. The first-order chi connectivity index (χ1) is 11.8. The highest BCUT2D eigenvalue weighted by Gasteiger charge is 2.11. The van der Waals surface area contributed by atoms with Crippen molar-refractivity contribution in [3.8, 4) is 0 Å². The smallest absolute Gasteiger partial charge is 0.441 e. The molecular weight excluding hydrogens is 671 g/mol. The molecule has 0 saturated carbocycles. The van der Waals surface area contributed by atoms with E-state index in [2.05, 4.69) is 91.6 Å². The standard InChI is InChI=1S/C11H15FO.C3H5FO2.C3H5I3/c12-8-10-13-9-4-7-11-5-2-1-3-6-11;1-2-6-3(4)5;1-2-3(4,5)6/h1-3,5-6H,4,7-10H2;2*2H2,1H3. The average Bonchev–Trinajstić information content (AvgIpc) is 2.56. The van der Waals surface area contributed by atoms with Crippen molar-refractivity contribution in [2.75, 3.05) is 26.5 Å². The van der Waals surface area contributed by atoms with Crippen LogP contribution in [-0.2, 0) is 15.9 Å². The molecule has 0 unspecified atom stereocenters. The van der Waals surface area contributed by atoms with Crippen LogP contribution in [0.15, 0.2) is 30.3 Å². The van der Waals surface area contributed by atoms with Crippen molar-refractivity contribution in [2.45, 2.75) is 32.5 Å². The summed E-state index contributed by atoms with van der Waals surface area (Å²) in [6.45, 7) is 4.33. The van der Waals surface area contributed by atoms with E-state index in [1.54, 1.807) is 0 Å². The Morgan fingerprint density at radius 1 is 1.12 bits per heavy atom. The van der Waals surface area contributed by atoms with E-state index in [4.69, 9.17) is 9.53 Å². The first-order valence-corrected chi connectivity index (χ1v) is 11.1. The van der Waals surface area contributed by atoms with Gasteiger partial charge in [0.25, 0.3) is 0 Å². The van der Waals surface area contributed by atoms with Crippen LogP contribution in [0.3, 0.4) is 0 Å². The lowest BCUT2D eigenvalue weighted by Crippen LogP contribution is -1.99. The van der Waals surface area contributed by atoms with Gasteiger partial charge in [-0.15, -0.1) is 4.39 Å². The molecular formula is C17H25F2I3O3. The molecule has 1 rings (SSSR count). The van der Waals surface area contributed by atoms with E-state index in [1.165, 1.54) is 18.9 Å². The van der Waals surface area contributed by atoms with Crippen LogP contribution < -0.4 is 0 Å². The van der Waals surface area contributed by atoms with E-state index in [1.807, 2.05) is 18.2 Å². The number of halogens is 5. The number of carbonyl (C=O) groups is 1. The summed E-state index contributed by atoms with van der Waals surface area (Å²) in [5.74, 6) is 0. The molecule has 0 amide bonds. The van der Waals surface area contributed by atoms with Crippen LogP contribution in [0, 0.1) is 0 Å². The molecule has 0 N–H and O–H groups in total. The molecule has 0 heterocycles. The van der Waals surface area contributed by atoms with Gasteiger partial charge >= 0.3 is 6.22 Å². The number of carbonyl (C=O) groups excluding carboxylic acids is 1.